The highest BCUT2D eigenvalue weighted by Gasteiger charge is 2.22. The molecule has 0 bridgehead atoms. The molecule has 1 saturated heterocycles. The minimum atomic E-state index is -0.214. The van der Waals surface area contributed by atoms with Gasteiger partial charge in [-0.05, 0) is 58.2 Å². The van der Waals surface area contributed by atoms with Crippen LogP contribution in [0.15, 0.2) is 18.3 Å². The molecular formula is C15H24FN3. The normalized spacial score (nSPS) is 17.8. The SMILES string of the molecule is CC(C)(C)NCC1CCN(c2ncccc2F)CC1. The van der Waals surface area contributed by atoms with Crippen molar-refractivity contribution >= 4 is 5.82 Å². The maximum absolute atomic E-state index is 13.7. The number of hydrogen-bond donors (Lipinski definition) is 1. The van der Waals surface area contributed by atoms with Gasteiger partial charge in [-0.3, -0.25) is 0 Å². The standard InChI is InChI=1S/C15H24FN3/c1-15(2,3)18-11-12-6-9-19(10-7-12)14-13(16)5-4-8-17-14/h4-5,8,12,18H,6-7,9-11H2,1-3H3. The Labute approximate surface area is 115 Å². The van der Waals surface area contributed by atoms with Gasteiger partial charge in [0.15, 0.2) is 11.6 Å². The molecule has 2 heterocycles. The Balaban J connectivity index is 1.84. The lowest BCUT2D eigenvalue weighted by molar-refractivity contribution is 0.327. The first kappa shape index (κ1) is 14.3. The van der Waals surface area contributed by atoms with Crippen molar-refractivity contribution in [3.8, 4) is 0 Å². The molecule has 1 aromatic heterocycles. The van der Waals surface area contributed by atoms with Gasteiger partial charge in [0.1, 0.15) is 0 Å². The molecule has 1 fully saturated rings. The third kappa shape index (κ3) is 4.16. The zero-order valence-electron chi connectivity index (χ0n) is 12.1. The number of pyridine rings is 1. The summed E-state index contributed by atoms with van der Waals surface area (Å²) in [7, 11) is 0. The van der Waals surface area contributed by atoms with Crippen molar-refractivity contribution in [2.45, 2.75) is 39.2 Å². The number of nitrogens with one attached hydrogen (secondary N) is 1. The number of aromatic nitrogens is 1. The number of anilines is 1. The Morgan fingerprint density at radius 1 is 1.37 bits per heavy atom. The van der Waals surface area contributed by atoms with Crippen LogP contribution in [-0.4, -0.2) is 30.2 Å². The van der Waals surface area contributed by atoms with E-state index in [9.17, 15) is 4.39 Å². The van der Waals surface area contributed by atoms with Gasteiger partial charge in [0.25, 0.3) is 0 Å². The molecule has 0 saturated carbocycles. The average Bonchev–Trinajstić information content (AvgIpc) is 2.37. The Morgan fingerprint density at radius 3 is 2.63 bits per heavy atom. The summed E-state index contributed by atoms with van der Waals surface area (Å²) in [5.74, 6) is 0.973. The van der Waals surface area contributed by atoms with Crippen LogP contribution in [0.3, 0.4) is 0 Å². The van der Waals surface area contributed by atoms with Gasteiger partial charge < -0.3 is 10.2 Å². The minimum Gasteiger partial charge on any atom is -0.354 e. The van der Waals surface area contributed by atoms with E-state index in [2.05, 4.69) is 36.0 Å². The molecule has 0 amide bonds. The van der Waals surface area contributed by atoms with Crippen LogP contribution >= 0.6 is 0 Å². The fourth-order valence-corrected chi connectivity index (χ4v) is 2.41. The van der Waals surface area contributed by atoms with Gasteiger partial charge in [-0.1, -0.05) is 0 Å². The first-order valence-corrected chi connectivity index (χ1v) is 7.06. The molecule has 0 unspecified atom stereocenters. The average molecular weight is 265 g/mol. The van der Waals surface area contributed by atoms with E-state index in [1.54, 1.807) is 12.3 Å². The molecule has 0 aliphatic carbocycles. The summed E-state index contributed by atoms with van der Waals surface area (Å²) in [5.41, 5.74) is 0.171. The van der Waals surface area contributed by atoms with E-state index < -0.39 is 0 Å². The van der Waals surface area contributed by atoms with Gasteiger partial charge in [0, 0.05) is 24.8 Å². The molecule has 1 N–H and O–H groups in total. The molecule has 1 aliphatic heterocycles. The zero-order chi connectivity index (χ0) is 13.9. The van der Waals surface area contributed by atoms with Gasteiger partial charge in [0.2, 0.25) is 0 Å². The van der Waals surface area contributed by atoms with Crippen LogP contribution in [-0.2, 0) is 0 Å². The molecule has 1 aromatic rings. The van der Waals surface area contributed by atoms with Crippen molar-refractivity contribution in [3.63, 3.8) is 0 Å². The second-order valence-corrected chi connectivity index (χ2v) is 6.37. The number of nitrogens with zero attached hydrogens (tertiary/aromatic N) is 2. The van der Waals surface area contributed by atoms with Crippen LogP contribution in [0.5, 0.6) is 0 Å². The van der Waals surface area contributed by atoms with Gasteiger partial charge in [-0.15, -0.1) is 0 Å². The van der Waals surface area contributed by atoms with Gasteiger partial charge in [0.05, 0.1) is 0 Å². The zero-order valence-corrected chi connectivity index (χ0v) is 12.1. The third-order valence-electron chi connectivity index (χ3n) is 3.57. The maximum atomic E-state index is 13.7. The molecule has 2 rings (SSSR count). The summed E-state index contributed by atoms with van der Waals surface area (Å²) in [6, 6.07) is 3.12. The van der Waals surface area contributed by atoms with E-state index in [0.29, 0.717) is 11.7 Å². The van der Waals surface area contributed by atoms with Crippen LogP contribution in [0.4, 0.5) is 10.2 Å². The second kappa shape index (κ2) is 5.87. The van der Waals surface area contributed by atoms with E-state index in [1.807, 2.05) is 0 Å². The largest absolute Gasteiger partial charge is 0.354 e. The molecule has 19 heavy (non-hydrogen) atoms. The van der Waals surface area contributed by atoms with Crippen molar-refractivity contribution in [1.29, 1.82) is 0 Å². The first-order valence-electron chi connectivity index (χ1n) is 7.06. The van der Waals surface area contributed by atoms with Crippen molar-refractivity contribution in [1.82, 2.24) is 10.3 Å². The van der Waals surface area contributed by atoms with Crippen molar-refractivity contribution in [2.75, 3.05) is 24.5 Å². The fourth-order valence-electron chi connectivity index (χ4n) is 2.41. The van der Waals surface area contributed by atoms with E-state index in [1.165, 1.54) is 6.07 Å². The monoisotopic (exact) mass is 265 g/mol. The summed E-state index contributed by atoms with van der Waals surface area (Å²) >= 11 is 0. The van der Waals surface area contributed by atoms with Crippen LogP contribution in [0.25, 0.3) is 0 Å². The molecule has 3 nitrogen and oxygen atoms in total. The van der Waals surface area contributed by atoms with Crippen LogP contribution in [0, 0.1) is 11.7 Å². The number of rotatable bonds is 3. The quantitative estimate of drug-likeness (QED) is 0.911. The predicted molar refractivity (Wildman–Crippen MR) is 76.9 cm³/mol. The van der Waals surface area contributed by atoms with E-state index >= 15 is 0 Å². The molecule has 4 heteroatoms. The molecular weight excluding hydrogens is 241 g/mol. The molecule has 106 valence electrons. The smallest absolute Gasteiger partial charge is 0.165 e. The highest BCUT2D eigenvalue weighted by atomic mass is 19.1. The van der Waals surface area contributed by atoms with E-state index in [-0.39, 0.29) is 11.4 Å². The number of piperidine rings is 1. The van der Waals surface area contributed by atoms with Crippen molar-refractivity contribution in [2.24, 2.45) is 5.92 Å². The highest BCUT2D eigenvalue weighted by molar-refractivity contribution is 5.39. The van der Waals surface area contributed by atoms with E-state index in [4.69, 9.17) is 0 Å². The first-order chi connectivity index (χ1) is 8.96. The lowest BCUT2D eigenvalue weighted by Gasteiger charge is -2.34. The topological polar surface area (TPSA) is 28.2 Å². The molecule has 0 radical (unpaired) electrons. The van der Waals surface area contributed by atoms with Gasteiger partial charge in [-0.25, -0.2) is 9.37 Å². The summed E-state index contributed by atoms with van der Waals surface area (Å²) in [6.07, 6.45) is 3.85. The van der Waals surface area contributed by atoms with Crippen LogP contribution in [0.1, 0.15) is 33.6 Å². The lowest BCUT2D eigenvalue weighted by Crippen LogP contribution is -2.43. The molecule has 0 atom stereocenters. The molecule has 0 spiro atoms. The minimum absolute atomic E-state index is 0.171. The number of halogens is 1. The Morgan fingerprint density at radius 2 is 2.05 bits per heavy atom. The predicted octanol–water partition coefficient (Wildman–Crippen LogP) is 2.83. The highest BCUT2D eigenvalue weighted by Crippen LogP contribution is 2.23. The van der Waals surface area contributed by atoms with E-state index in [0.717, 1.165) is 32.5 Å². The van der Waals surface area contributed by atoms with Crippen molar-refractivity contribution < 1.29 is 4.39 Å². The fraction of sp³-hybridized carbons (Fsp3) is 0.667. The summed E-state index contributed by atoms with van der Waals surface area (Å²) in [6.45, 7) is 9.39. The van der Waals surface area contributed by atoms with Crippen molar-refractivity contribution in [3.05, 3.63) is 24.1 Å². The maximum Gasteiger partial charge on any atom is 0.165 e. The third-order valence-corrected chi connectivity index (χ3v) is 3.57. The Hall–Kier alpha value is -1.16. The van der Waals surface area contributed by atoms with Gasteiger partial charge >= 0.3 is 0 Å². The molecule has 1 aliphatic rings. The molecule has 0 aromatic carbocycles. The summed E-state index contributed by atoms with van der Waals surface area (Å²) < 4.78 is 13.7. The Bertz CT molecular complexity index is 406. The Kier molecular flexibility index (Phi) is 4.40. The van der Waals surface area contributed by atoms with Crippen LogP contribution in [0.2, 0.25) is 0 Å². The van der Waals surface area contributed by atoms with Crippen LogP contribution < -0.4 is 10.2 Å². The lowest BCUT2D eigenvalue weighted by atomic mass is 9.95. The second-order valence-electron chi connectivity index (χ2n) is 6.37. The summed E-state index contributed by atoms with van der Waals surface area (Å²) in [4.78, 5) is 6.21. The number of hydrogen-bond acceptors (Lipinski definition) is 3. The summed E-state index contributed by atoms with van der Waals surface area (Å²) in [5, 5.41) is 3.55. The van der Waals surface area contributed by atoms with Gasteiger partial charge in [-0.2, -0.15) is 0 Å².